The highest BCUT2D eigenvalue weighted by Crippen LogP contribution is 2.26. The summed E-state index contributed by atoms with van der Waals surface area (Å²) in [4.78, 5) is 17.3. The number of nitro benzene ring substituents is 1. The van der Waals surface area contributed by atoms with E-state index in [1.807, 2.05) is 11.6 Å². The van der Waals surface area contributed by atoms with Gasteiger partial charge in [0.1, 0.15) is 5.82 Å². The smallest absolute Gasteiger partial charge is 0.271 e. The van der Waals surface area contributed by atoms with E-state index in [1.54, 1.807) is 6.07 Å². The maximum atomic E-state index is 10.8. The minimum atomic E-state index is -0.387. The largest absolute Gasteiger partial charge is 0.327 e. The molecule has 2 aromatic rings. The van der Waals surface area contributed by atoms with Gasteiger partial charge < -0.3 is 9.47 Å². The van der Waals surface area contributed by atoms with Gasteiger partial charge in [0.25, 0.3) is 5.69 Å². The standard InChI is InChI=1S/C14H16N4O2/c1-16-7-3-4-10(9-16)14-15-12-8-11(18(19)20)5-6-13(12)17(14)2/h4-6,8H,3,7,9H2,1-2H3. The van der Waals surface area contributed by atoms with Crippen molar-refractivity contribution in [2.24, 2.45) is 7.05 Å². The molecule has 3 rings (SSSR count). The lowest BCUT2D eigenvalue weighted by Crippen LogP contribution is -2.25. The van der Waals surface area contributed by atoms with Crippen molar-refractivity contribution < 1.29 is 4.92 Å². The molecule has 0 saturated carbocycles. The molecule has 2 heterocycles. The van der Waals surface area contributed by atoms with Crippen LogP contribution in [0.3, 0.4) is 0 Å². The lowest BCUT2D eigenvalue weighted by molar-refractivity contribution is -0.384. The Morgan fingerprint density at radius 3 is 2.85 bits per heavy atom. The monoisotopic (exact) mass is 272 g/mol. The van der Waals surface area contributed by atoms with Crippen LogP contribution < -0.4 is 0 Å². The first-order chi connectivity index (χ1) is 9.56. The van der Waals surface area contributed by atoms with Gasteiger partial charge >= 0.3 is 0 Å². The van der Waals surface area contributed by atoms with E-state index in [0.717, 1.165) is 30.9 Å². The summed E-state index contributed by atoms with van der Waals surface area (Å²) in [5.74, 6) is 0.895. The highest BCUT2D eigenvalue weighted by Gasteiger charge is 2.18. The minimum absolute atomic E-state index is 0.0805. The predicted octanol–water partition coefficient (Wildman–Crippen LogP) is 2.20. The molecular formula is C14H16N4O2. The first kappa shape index (κ1) is 12.8. The molecule has 0 radical (unpaired) electrons. The number of aryl methyl sites for hydroxylation is 1. The molecule has 1 aromatic carbocycles. The molecular weight excluding hydrogens is 256 g/mol. The molecule has 6 heteroatoms. The maximum Gasteiger partial charge on any atom is 0.271 e. The third kappa shape index (κ3) is 2.08. The van der Waals surface area contributed by atoms with Crippen LogP contribution in [-0.2, 0) is 7.05 Å². The Hall–Kier alpha value is -2.21. The van der Waals surface area contributed by atoms with Gasteiger partial charge in [-0.2, -0.15) is 0 Å². The zero-order valence-corrected chi connectivity index (χ0v) is 11.5. The molecule has 20 heavy (non-hydrogen) atoms. The van der Waals surface area contributed by atoms with Gasteiger partial charge in [-0.3, -0.25) is 10.1 Å². The fourth-order valence-corrected chi connectivity index (χ4v) is 2.64. The average molecular weight is 272 g/mol. The maximum absolute atomic E-state index is 10.8. The van der Waals surface area contributed by atoms with Gasteiger partial charge in [-0.15, -0.1) is 0 Å². The minimum Gasteiger partial charge on any atom is -0.327 e. The van der Waals surface area contributed by atoms with E-state index in [0.29, 0.717) is 5.52 Å². The highest BCUT2D eigenvalue weighted by atomic mass is 16.6. The van der Waals surface area contributed by atoms with Gasteiger partial charge in [-0.1, -0.05) is 6.08 Å². The van der Waals surface area contributed by atoms with Crippen molar-refractivity contribution in [2.75, 3.05) is 20.1 Å². The van der Waals surface area contributed by atoms with Crippen molar-refractivity contribution >= 4 is 22.3 Å². The summed E-state index contributed by atoms with van der Waals surface area (Å²) in [5.41, 5.74) is 2.85. The molecule has 1 aliphatic rings. The van der Waals surface area contributed by atoms with Gasteiger partial charge in [-0.05, 0) is 19.5 Å². The van der Waals surface area contributed by atoms with Crippen LogP contribution in [0.25, 0.3) is 16.6 Å². The van der Waals surface area contributed by atoms with Crippen LogP contribution in [0.5, 0.6) is 0 Å². The van der Waals surface area contributed by atoms with Crippen LogP contribution in [0.4, 0.5) is 5.69 Å². The Morgan fingerprint density at radius 2 is 2.15 bits per heavy atom. The van der Waals surface area contributed by atoms with Gasteiger partial charge in [-0.25, -0.2) is 4.98 Å². The number of benzene rings is 1. The normalized spacial score (nSPS) is 16.4. The zero-order chi connectivity index (χ0) is 14.3. The summed E-state index contributed by atoms with van der Waals surface area (Å²) in [6, 6.07) is 4.82. The first-order valence-electron chi connectivity index (χ1n) is 6.55. The summed E-state index contributed by atoms with van der Waals surface area (Å²) in [7, 11) is 4.03. The molecule has 0 aliphatic carbocycles. The molecule has 1 aliphatic heterocycles. The van der Waals surface area contributed by atoms with Crippen molar-refractivity contribution in [1.82, 2.24) is 14.5 Å². The molecule has 0 bridgehead atoms. The van der Waals surface area contributed by atoms with E-state index < -0.39 is 0 Å². The van der Waals surface area contributed by atoms with E-state index in [1.165, 1.54) is 17.7 Å². The number of hydrogen-bond acceptors (Lipinski definition) is 4. The van der Waals surface area contributed by atoms with Crippen molar-refractivity contribution in [1.29, 1.82) is 0 Å². The van der Waals surface area contributed by atoms with Gasteiger partial charge in [0.15, 0.2) is 0 Å². The fraction of sp³-hybridized carbons (Fsp3) is 0.357. The summed E-state index contributed by atoms with van der Waals surface area (Å²) < 4.78 is 2.00. The Bertz CT molecular complexity index is 717. The SMILES string of the molecule is CN1CCC=C(c2nc3cc([N+](=O)[O-])ccc3n2C)C1. The third-order valence-corrected chi connectivity index (χ3v) is 3.70. The van der Waals surface area contributed by atoms with E-state index in [9.17, 15) is 10.1 Å². The van der Waals surface area contributed by atoms with Crippen molar-refractivity contribution in [3.05, 3.63) is 40.2 Å². The number of aromatic nitrogens is 2. The summed E-state index contributed by atoms with van der Waals surface area (Å²) >= 11 is 0. The fourth-order valence-electron chi connectivity index (χ4n) is 2.64. The number of likely N-dealkylation sites (N-methyl/N-ethyl adjacent to an activating group) is 1. The predicted molar refractivity (Wildman–Crippen MR) is 77.5 cm³/mol. The lowest BCUT2D eigenvalue weighted by Gasteiger charge is -2.22. The molecule has 1 aromatic heterocycles. The number of imidazole rings is 1. The molecule has 0 saturated heterocycles. The summed E-state index contributed by atoms with van der Waals surface area (Å²) in [6.45, 7) is 1.91. The Labute approximate surface area is 116 Å². The second kappa shape index (κ2) is 4.72. The highest BCUT2D eigenvalue weighted by molar-refractivity contribution is 5.82. The number of non-ortho nitro benzene ring substituents is 1. The lowest BCUT2D eigenvalue weighted by atomic mass is 10.1. The van der Waals surface area contributed by atoms with Gasteiger partial charge in [0, 0.05) is 37.8 Å². The van der Waals surface area contributed by atoms with E-state index in [4.69, 9.17) is 0 Å². The molecule has 0 atom stereocenters. The van der Waals surface area contributed by atoms with E-state index >= 15 is 0 Å². The number of nitro groups is 1. The molecule has 0 unspecified atom stereocenters. The molecule has 6 nitrogen and oxygen atoms in total. The van der Waals surface area contributed by atoms with Crippen LogP contribution in [0.1, 0.15) is 12.2 Å². The van der Waals surface area contributed by atoms with Gasteiger partial charge in [0.05, 0.1) is 16.0 Å². The number of hydrogen-bond donors (Lipinski definition) is 0. The number of nitrogens with zero attached hydrogens (tertiary/aromatic N) is 4. The van der Waals surface area contributed by atoms with Crippen molar-refractivity contribution in [3.63, 3.8) is 0 Å². The second-order valence-corrected chi connectivity index (χ2v) is 5.18. The van der Waals surface area contributed by atoms with Crippen molar-refractivity contribution in [3.8, 4) is 0 Å². The Kier molecular flexibility index (Phi) is 3.02. The molecule has 0 N–H and O–H groups in total. The molecule has 0 amide bonds. The second-order valence-electron chi connectivity index (χ2n) is 5.18. The van der Waals surface area contributed by atoms with E-state index in [-0.39, 0.29) is 10.6 Å². The first-order valence-corrected chi connectivity index (χ1v) is 6.55. The quantitative estimate of drug-likeness (QED) is 0.621. The van der Waals surface area contributed by atoms with Crippen molar-refractivity contribution in [2.45, 2.75) is 6.42 Å². The third-order valence-electron chi connectivity index (χ3n) is 3.70. The summed E-state index contributed by atoms with van der Waals surface area (Å²) in [6.07, 6.45) is 3.21. The summed E-state index contributed by atoms with van der Waals surface area (Å²) in [5, 5.41) is 10.8. The molecule has 104 valence electrons. The average Bonchev–Trinajstić information content (AvgIpc) is 2.75. The van der Waals surface area contributed by atoms with Crippen LogP contribution in [0.15, 0.2) is 24.3 Å². The zero-order valence-electron chi connectivity index (χ0n) is 11.5. The van der Waals surface area contributed by atoms with E-state index in [2.05, 4.69) is 23.0 Å². The number of fused-ring (bicyclic) bond motifs is 1. The number of rotatable bonds is 2. The molecule has 0 spiro atoms. The Morgan fingerprint density at radius 1 is 1.35 bits per heavy atom. The van der Waals surface area contributed by atoms with Crippen LogP contribution in [0.2, 0.25) is 0 Å². The Balaban J connectivity index is 2.10. The van der Waals surface area contributed by atoms with Crippen LogP contribution in [-0.4, -0.2) is 39.5 Å². The molecule has 0 fully saturated rings. The topological polar surface area (TPSA) is 64.2 Å². The van der Waals surface area contributed by atoms with Crippen LogP contribution >= 0.6 is 0 Å². The van der Waals surface area contributed by atoms with Gasteiger partial charge in [0.2, 0.25) is 0 Å². The van der Waals surface area contributed by atoms with Crippen LogP contribution in [0, 0.1) is 10.1 Å².